The molecule has 1 N–H and O–H groups in total. The molecule has 0 aliphatic heterocycles. The number of benzene rings is 1. The van der Waals surface area contributed by atoms with Crippen LogP contribution in [0.1, 0.15) is 20.3 Å². The fraction of sp³-hybridized carbons (Fsp3) is 0.500. The van der Waals surface area contributed by atoms with Crippen LogP contribution >= 0.6 is 0 Å². The van der Waals surface area contributed by atoms with E-state index in [0.29, 0.717) is 0 Å². The molecule has 0 bridgehead atoms. The highest BCUT2D eigenvalue weighted by atomic mass is 32.2. The predicted octanol–water partition coefficient (Wildman–Crippen LogP) is 1.99. The zero-order valence-corrected chi connectivity index (χ0v) is 10.9. The van der Waals surface area contributed by atoms with Crippen molar-refractivity contribution in [2.24, 2.45) is 0 Å². The van der Waals surface area contributed by atoms with Crippen LogP contribution in [0.25, 0.3) is 0 Å². The van der Waals surface area contributed by atoms with Crippen LogP contribution < -0.4 is 5.32 Å². The van der Waals surface area contributed by atoms with Gasteiger partial charge in [-0.3, -0.25) is 0 Å². The molecule has 5 heteroatoms. The van der Waals surface area contributed by atoms with Crippen LogP contribution in [0.2, 0.25) is 0 Å². The predicted molar refractivity (Wildman–Crippen MR) is 66.2 cm³/mol. The van der Waals surface area contributed by atoms with Crippen molar-refractivity contribution in [1.82, 2.24) is 5.32 Å². The average Bonchev–Trinajstić information content (AvgIpc) is 2.26. The van der Waals surface area contributed by atoms with E-state index in [1.54, 1.807) is 0 Å². The molecule has 0 fully saturated rings. The molecule has 0 amide bonds. The highest BCUT2D eigenvalue weighted by Crippen LogP contribution is 2.13. The van der Waals surface area contributed by atoms with Gasteiger partial charge in [-0.15, -0.1) is 0 Å². The van der Waals surface area contributed by atoms with E-state index in [-0.39, 0.29) is 16.7 Å². The lowest BCUT2D eigenvalue weighted by Gasteiger charge is -2.13. The van der Waals surface area contributed by atoms with Gasteiger partial charge in [-0.25, -0.2) is 12.8 Å². The van der Waals surface area contributed by atoms with Gasteiger partial charge in [0, 0.05) is 6.04 Å². The first-order valence-electron chi connectivity index (χ1n) is 5.67. The second-order valence-corrected chi connectivity index (χ2v) is 6.13. The minimum absolute atomic E-state index is 0.0174. The highest BCUT2D eigenvalue weighted by Gasteiger charge is 2.18. The van der Waals surface area contributed by atoms with Crippen molar-refractivity contribution in [2.45, 2.75) is 31.2 Å². The van der Waals surface area contributed by atoms with Crippen molar-refractivity contribution < 1.29 is 12.8 Å². The average molecular weight is 259 g/mol. The van der Waals surface area contributed by atoms with Crippen molar-refractivity contribution in [2.75, 3.05) is 12.3 Å². The summed E-state index contributed by atoms with van der Waals surface area (Å²) in [5.74, 6) is -0.545. The zero-order chi connectivity index (χ0) is 12.9. The minimum atomic E-state index is -3.41. The summed E-state index contributed by atoms with van der Waals surface area (Å²) < 4.78 is 36.9. The zero-order valence-electron chi connectivity index (χ0n) is 10.1. The monoisotopic (exact) mass is 259 g/mol. The normalized spacial score (nSPS) is 13.6. The molecule has 1 unspecified atom stereocenters. The van der Waals surface area contributed by atoms with Gasteiger partial charge in [-0.1, -0.05) is 13.0 Å². The Kier molecular flexibility index (Phi) is 5.08. The molecule has 0 aromatic heterocycles. The molecule has 1 aromatic carbocycles. The van der Waals surface area contributed by atoms with Crippen molar-refractivity contribution in [3.63, 3.8) is 0 Å². The Balaban J connectivity index is 2.75. The molecule has 0 saturated heterocycles. The topological polar surface area (TPSA) is 46.2 Å². The summed E-state index contributed by atoms with van der Waals surface area (Å²) in [6.07, 6.45) is 0.949. The van der Waals surface area contributed by atoms with E-state index >= 15 is 0 Å². The van der Waals surface area contributed by atoms with Crippen LogP contribution in [0.4, 0.5) is 4.39 Å². The molecule has 0 saturated carbocycles. The lowest BCUT2D eigenvalue weighted by atomic mass is 10.3. The van der Waals surface area contributed by atoms with Gasteiger partial charge < -0.3 is 5.32 Å². The summed E-state index contributed by atoms with van der Waals surface area (Å²) in [4.78, 5) is 0.0441. The number of sulfone groups is 1. The van der Waals surface area contributed by atoms with E-state index in [1.165, 1.54) is 18.2 Å². The number of hydrogen-bond acceptors (Lipinski definition) is 3. The summed E-state index contributed by atoms with van der Waals surface area (Å²) in [6.45, 7) is 4.60. The lowest BCUT2D eigenvalue weighted by molar-refractivity contribution is 0.553. The first-order valence-corrected chi connectivity index (χ1v) is 7.32. The number of hydrogen-bond donors (Lipinski definition) is 1. The SMILES string of the molecule is CCCNC(C)CS(=O)(=O)c1cccc(F)c1. The van der Waals surface area contributed by atoms with E-state index in [0.717, 1.165) is 19.0 Å². The van der Waals surface area contributed by atoms with Gasteiger partial charge in [0.05, 0.1) is 10.6 Å². The second-order valence-electron chi connectivity index (χ2n) is 4.09. The van der Waals surface area contributed by atoms with Crippen molar-refractivity contribution >= 4 is 9.84 Å². The third-order valence-corrected chi connectivity index (χ3v) is 4.28. The van der Waals surface area contributed by atoms with Crippen molar-refractivity contribution in [3.05, 3.63) is 30.1 Å². The Bertz CT molecular complexity index is 459. The van der Waals surface area contributed by atoms with Crippen LogP contribution in [-0.4, -0.2) is 26.8 Å². The van der Waals surface area contributed by atoms with Crippen LogP contribution in [0.3, 0.4) is 0 Å². The summed E-state index contributed by atoms with van der Waals surface area (Å²) in [7, 11) is -3.41. The first-order chi connectivity index (χ1) is 7.95. The van der Waals surface area contributed by atoms with Gasteiger partial charge in [0.2, 0.25) is 0 Å². The molecule has 0 radical (unpaired) electrons. The van der Waals surface area contributed by atoms with Gasteiger partial charge in [0.15, 0.2) is 9.84 Å². The molecule has 96 valence electrons. The standard InChI is InChI=1S/C12H18FNO2S/c1-3-7-14-10(2)9-17(15,16)12-6-4-5-11(13)8-12/h4-6,8,10,14H,3,7,9H2,1-2H3. The summed E-state index contributed by atoms with van der Waals surface area (Å²) in [5, 5.41) is 3.10. The molecule has 17 heavy (non-hydrogen) atoms. The fourth-order valence-corrected chi connectivity index (χ4v) is 3.08. The number of nitrogens with one attached hydrogen (secondary N) is 1. The van der Waals surface area contributed by atoms with Crippen LogP contribution in [0.5, 0.6) is 0 Å². The van der Waals surface area contributed by atoms with Gasteiger partial charge in [0.25, 0.3) is 0 Å². The summed E-state index contributed by atoms with van der Waals surface area (Å²) >= 11 is 0. The van der Waals surface area contributed by atoms with E-state index in [9.17, 15) is 12.8 Å². The Labute approximate surface area is 102 Å². The maximum atomic E-state index is 13.0. The van der Waals surface area contributed by atoms with Crippen molar-refractivity contribution in [1.29, 1.82) is 0 Å². The lowest BCUT2D eigenvalue weighted by Crippen LogP contribution is -2.33. The number of halogens is 1. The van der Waals surface area contributed by atoms with Crippen LogP contribution in [-0.2, 0) is 9.84 Å². The van der Waals surface area contributed by atoms with Gasteiger partial charge in [-0.05, 0) is 38.1 Å². The second kappa shape index (κ2) is 6.12. The molecule has 0 aliphatic carbocycles. The molecule has 0 heterocycles. The Hall–Kier alpha value is -0.940. The Morgan fingerprint density at radius 2 is 2.12 bits per heavy atom. The van der Waals surface area contributed by atoms with Crippen LogP contribution in [0, 0.1) is 5.82 Å². The van der Waals surface area contributed by atoms with Crippen LogP contribution in [0.15, 0.2) is 29.2 Å². The largest absolute Gasteiger partial charge is 0.313 e. The molecular weight excluding hydrogens is 241 g/mol. The smallest absolute Gasteiger partial charge is 0.179 e. The molecule has 0 aliphatic rings. The third-order valence-electron chi connectivity index (χ3n) is 2.37. The first kappa shape index (κ1) is 14.1. The van der Waals surface area contributed by atoms with Crippen molar-refractivity contribution in [3.8, 4) is 0 Å². The molecule has 1 rings (SSSR count). The van der Waals surface area contributed by atoms with Gasteiger partial charge in [0.1, 0.15) is 5.82 Å². The molecular formula is C12H18FNO2S. The highest BCUT2D eigenvalue weighted by molar-refractivity contribution is 7.91. The van der Waals surface area contributed by atoms with E-state index in [1.807, 2.05) is 13.8 Å². The maximum absolute atomic E-state index is 13.0. The summed E-state index contributed by atoms with van der Waals surface area (Å²) in [5.41, 5.74) is 0. The molecule has 3 nitrogen and oxygen atoms in total. The minimum Gasteiger partial charge on any atom is -0.313 e. The third kappa shape index (κ3) is 4.44. The van der Waals surface area contributed by atoms with E-state index in [4.69, 9.17) is 0 Å². The molecule has 0 spiro atoms. The van der Waals surface area contributed by atoms with Gasteiger partial charge in [-0.2, -0.15) is 0 Å². The maximum Gasteiger partial charge on any atom is 0.179 e. The Morgan fingerprint density at radius 1 is 1.41 bits per heavy atom. The molecule has 1 aromatic rings. The quantitative estimate of drug-likeness (QED) is 0.850. The van der Waals surface area contributed by atoms with E-state index in [2.05, 4.69) is 5.32 Å². The van der Waals surface area contributed by atoms with E-state index < -0.39 is 15.7 Å². The fourth-order valence-electron chi connectivity index (χ4n) is 1.54. The summed E-state index contributed by atoms with van der Waals surface area (Å²) in [6, 6.07) is 4.99. The molecule has 1 atom stereocenters. The number of rotatable bonds is 6. The Morgan fingerprint density at radius 3 is 2.71 bits per heavy atom. The van der Waals surface area contributed by atoms with Gasteiger partial charge >= 0.3 is 0 Å².